The van der Waals surface area contributed by atoms with Gasteiger partial charge in [0.25, 0.3) is 0 Å². The highest BCUT2D eigenvalue weighted by atomic mass is 16.5. The number of amides is 1. The predicted octanol–water partition coefficient (Wildman–Crippen LogP) is 3.98. The number of piperidine rings is 1. The fourth-order valence-corrected chi connectivity index (χ4v) is 4.04. The largest absolute Gasteiger partial charge is 0.497 e. The fraction of sp³-hybridized carbons (Fsp3) is 0.292. The van der Waals surface area contributed by atoms with Crippen LogP contribution in [0, 0.1) is 17.2 Å². The molecular weight excluding hydrogens is 392 g/mol. The van der Waals surface area contributed by atoms with E-state index in [0.29, 0.717) is 48.7 Å². The average molecular weight is 416 g/mol. The Labute approximate surface area is 181 Å². The maximum absolute atomic E-state index is 12.9. The van der Waals surface area contributed by atoms with E-state index in [1.807, 2.05) is 24.3 Å². The number of aromatic nitrogens is 1. The van der Waals surface area contributed by atoms with E-state index >= 15 is 0 Å². The van der Waals surface area contributed by atoms with E-state index in [0.717, 1.165) is 16.6 Å². The van der Waals surface area contributed by atoms with Gasteiger partial charge in [-0.15, -0.1) is 0 Å². The Hall–Kier alpha value is -3.79. The molecule has 1 aliphatic heterocycles. The number of methoxy groups -OCH3 is 2. The van der Waals surface area contributed by atoms with E-state index in [1.165, 1.54) is 0 Å². The van der Waals surface area contributed by atoms with Crippen LogP contribution in [0.25, 0.3) is 10.9 Å². The van der Waals surface area contributed by atoms with Crippen LogP contribution >= 0.6 is 0 Å². The normalized spacial score (nSPS) is 14.2. The SMILES string of the molecule is COc1cc(NC(=O)C2CCN(c3c(C#N)cnc4ccccc34)CC2)cc(OC)c1. The number of hydrogen-bond donors (Lipinski definition) is 1. The van der Waals surface area contributed by atoms with E-state index in [4.69, 9.17) is 9.47 Å². The number of carbonyl (C=O) groups is 1. The van der Waals surface area contributed by atoms with Gasteiger partial charge in [0.2, 0.25) is 5.91 Å². The molecule has 1 saturated heterocycles. The van der Waals surface area contributed by atoms with E-state index in [2.05, 4.69) is 21.3 Å². The first-order valence-corrected chi connectivity index (χ1v) is 10.2. The number of anilines is 2. The molecule has 0 atom stereocenters. The molecule has 31 heavy (non-hydrogen) atoms. The topological polar surface area (TPSA) is 87.5 Å². The van der Waals surface area contributed by atoms with Crippen molar-refractivity contribution in [1.82, 2.24) is 4.98 Å². The van der Waals surface area contributed by atoms with E-state index in [1.54, 1.807) is 38.6 Å². The van der Waals surface area contributed by atoms with Gasteiger partial charge in [-0.2, -0.15) is 5.26 Å². The van der Waals surface area contributed by atoms with Crippen LogP contribution in [0.3, 0.4) is 0 Å². The lowest BCUT2D eigenvalue weighted by Crippen LogP contribution is -2.38. The lowest BCUT2D eigenvalue weighted by Gasteiger charge is -2.34. The van der Waals surface area contributed by atoms with Crippen LogP contribution in [-0.2, 0) is 4.79 Å². The Kier molecular flexibility index (Phi) is 5.89. The average Bonchev–Trinajstić information content (AvgIpc) is 2.83. The number of ether oxygens (including phenoxy) is 2. The number of para-hydroxylation sites is 1. The number of hydrogen-bond acceptors (Lipinski definition) is 6. The second-order valence-corrected chi connectivity index (χ2v) is 7.50. The Bertz CT molecular complexity index is 1130. The van der Waals surface area contributed by atoms with Gasteiger partial charge in [-0.3, -0.25) is 9.78 Å². The van der Waals surface area contributed by atoms with Crippen LogP contribution in [-0.4, -0.2) is 38.2 Å². The molecule has 0 unspecified atom stereocenters. The lowest BCUT2D eigenvalue weighted by atomic mass is 9.94. The van der Waals surface area contributed by atoms with Gasteiger partial charge in [-0.25, -0.2) is 0 Å². The molecule has 1 fully saturated rings. The molecule has 2 heterocycles. The van der Waals surface area contributed by atoms with Crippen molar-refractivity contribution in [1.29, 1.82) is 5.26 Å². The van der Waals surface area contributed by atoms with Crippen molar-refractivity contribution in [3.63, 3.8) is 0 Å². The van der Waals surface area contributed by atoms with Crippen LogP contribution in [0.2, 0.25) is 0 Å². The molecule has 7 heteroatoms. The van der Waals surface area contributed by atoms with Crippen molar-refractivity contribution in [2.24, 2.45) is 5.92 Å². The van der Waals surface area contributed by atoms with Gasteiger partial charge in [0.05, 0.1) is 31.0 Å². The van der Waals surface area contributed by atoms with Crippen molar-refractivity contribution >= 4 is 28.2 Å². The molecule has 1 aromatic heterocycles. The standard InChI is InChI=1S/C24H24N4O3/c1-30-19-11-18(12-20(13-19)31-2)27-24(29)16-7-9-28(10-8-16)23-17(14-25)15-26-22-6-4-3-5-21(22)23/h3-6,11-13,15-16H,7-10H2,1-2H3,(H,27,29). The van der Waals surface area contributed by atoms with Crippen LogP contribution < -0.4 is 19.7 Å². The first kappa shape index (κ1) is 20.5. The van der Waals surface area contributed by atoms with Gasteiger partial charge in [0.1, 0.15) is 17.6 Å². The van der Waals surface area contributed by atoms with Gasteiger partial charge in [0, 0.05) is 54.5 Å². The van der Waals surface area contributed by atoms with E-state index in [-0.39, 0.29) is 11.8 Å². The lowest BCUT2D eigenvalue weighted by molar-refractivity contribution is -0.120. The minimum atomic E-state index is -0.105. The number of nitrogens with zero attached hydrogens (tertiary/aromatic N) is 3. The minimum Gasteiger partial charge on any atom is -0.497 e. The summed E-state index contributed by atoms with van der Waals surface area (Å²) in [6.45, 7) is 1.39. The Morgan fingerprint density at radius 3 is 2.45 bits per heavy atom. The maximum atomic E-state index is 12.9. The second kappa shape index (κ2) is 8.92. The molecule has 0 bridgehead atoms. The summed E-state index contributed by atoms with van der Waals surface area (Å²) in [5.74, 6) is 1.12. The van der Waals surface area contributed by atoms with Gasteiger partial charge < -0.3 is 19.7 Å². The van der Waals surface area contributed by atoms with Crippen molar-refractivity contribution in [2.45, 2.75) is 12.8 Å². The van der Waals surface area contributed by atoms with Crippen molar-refractivity contribution in [3.8, 4) is 17.6 Å². The first-order chi connectivity index (χ1) is 15.1. The zero-order chi connectivity index (χ0) is 21.8. The molecule has 1 N–H and O–H groups in total. The monoisotopic (exact) mass is 416 g/mol. The summed E-state index contributed by atoms with van der Waals surface area (Å²) in [6.07, 6.45) is 3.04. The fourth-order valence-electron chi connectivity index (χ4n) is 4.04. The molecule has 158 valence electrons. The third-order valence-electron chi connectivity index (χ3n) is 5.67. The zero-order valence-electron chi connectivity index (χ0n) is 17.6. The molecule has 4 rings (SSSR count). The highest BCUT2D eigenvalue weighted by molar-refractivity contribution is 5.95. The highest BCUT2D eigenvalue weighted by Gasteiger charge is 2.27. The number of nitriles is 1. The van der Waals surface area contributed by atoms with Crippen molar-refractivity contribution in [3.05, 3.63) is 54.2 Å². The predicted molar refractivity (Wildman–Crippen MR) is 120 cm³/mol. The molecule has 3 aromatic rings. The van der Waals surface area contributed by atoms with Crippen LogP contribution in [0.5, 0.6) is 11.5 Å². The van der Waals surface area contributed by atoms with Crippen LogP contribution in [0.15, 0.2) is 48.7 Å². The quantitative estimate of drug-likeness (QED) is 0.677. The molecular formula is C24H24N4O3. The molecule has 7 nitrogen and oxygen atoms in total. The molecule has 0 aliphatic carbocycles. The summed E-state index contributed by atoms with van der Waals surface area (Å²) in [7, 11) is 3.16. The maximum Gasteiger partial charge on any atom is 0.227 e. The molecule has 1 aliphatic rings. The van der Waals surface area contributed by atoms with Crippen LogP contribution in [0.4, 0.5) is 11.4 Å². The summed E-state index contributed by atoms with van der Waals surface area (Å²) >= 11 is 0. The Morgan fingerprint density at radius 2 is 1.81 bits per heavy atom. The molecule has 2 aromatic carbocycles. The van der Waals surface area contributed by atoms with E-state index < -0.39 is 0 Å². The first-order valence-electron chi connectivity index (χ1n) is 10.2. The smallest absolute Gasteiger partial charge is 0.227 e. The van der Waals surface area contributed by atoms with E-state index in [9.17, 15) is 10.1 Å². The minimum absolute atomic E-state index is 0.0185. The number of rotatable bonds is 5. The summed E-state index contributed by atoms with van der Waals surface area (Å²) in [5, 5.41) is 13.6. The van der Waals surface area contributed by atoms with Crippen LogP contribution in [0.1, 0.15) is 18.4 Å². The van der Waals surface area contributed by atoms with Crippen molar-refractivity contribution in [2.75, 3.05) is 37.5 Å². The number of benzene rings is 2. The summed E-state index contributed by atoms with van der Waals surface area (Å²) in [5.41, 5.74) is 2.98. The third-order valence-corrected chi connectivity index (χ3v) is 5.67. The molecule has 0 saturated carbocycles. The summed E-state index contributed by atoms with van der Waals surface area (Å²) in [6, 6.07) is 15.4. The Balaban J connectivity index is 1.48. The Morgan fingerprint density at radius 1 is 1.13 bits per heavy atom. The van der Waals surface area contributed by atoms with Gasteiger partial charge in [-0.05, 0) is 18.9 Å². The number of nitrogens with one attached hydrogen (secondary N) is 1. The molecule has 0 radical (unpaired) electrons. The van der Waals surface area contributed by atoms with Gasteiger partial charge in [0.15, 0.2) is 0 Å². The summed E-state index contributed by atoms with van der Waals surface area (Å²) < 4.78 is 10.5. The zero-order valence-corrected chi connectivity index (χ0v) is 17.6. The van der Waals surface area contributed by atoms with Gasteiger partial charge in [-0.1, -0.05) is 18.2 Å². The number of pyridine rings is 1. The number of fused-ring (bicyclic) bond motifs is 1. The number of carbonyl (C=O) groups excluding carboxylic acids is 1. The molecule has 0 spiro atoms. The van der Waals surface area contributed by atoms with Crippen molar-refractivity contribution < 1.29 is 14.3 Å². The molecule has 1 amide bonds. The second-order valence-electron chi connectivity index (χ2n) is 7.50. The van der Waals surface area contributed by atoms with Gasteiger partial charge >= 0.3 is 0 Å². The highest BCUT2D eigenvalue weighted by Crippen LogP contribution is 2.33. The summed E-state index contributed by atoms with van der Waals surface area (Å²) in [4.78, 5) is 19.5. The third kappa shape index (κ3) is 4.24.